The van der Waals surface area contributed by atoms with E-state index in [4.69, 9.17) is 4.74 Å². The molecule has 0 saturated heterocycles. The Morgan fingerprint density at radius 1 is 0.759 bits per heavy atom. The van der Waals surface area contributed by atoms with Crippen LogP contribution in [0.15, 0.2) is 24.3 Å². The normalized spacial score (nSPS) is 10.8. The van der Waals surface area contributed by atoms with Gasteiger partial charge in [-0.05, 0) is 30.7 Å². The largest absolute Gasteiger partial charge is 0.508 e. The van der Waals surface area contributed by atoms with Crippen molar-refractivity contribution < 1.29 is 14.6 Å². The minimum Gasteiger partial charge on any atom is -0.508 e. The number of hydrogen-bond donors (Lipinski definition) is 2. The number of carbonyl (C=O) groups excluding carboxylic acids is 1. The molecule has 0 spiro atoms. The Kier molecular flexibility index (Phi) is 16.0. The van der Waals surface area contributed by atoms with Crippen LogP contribution in [-0.2, 0) is 4.79 Å². The van der Waals surface area contributed by atoms with E-state index in [1.165, 1.54) is 83.5 Å². The number of phenols is 1. The molecular formula is C25H43NO3. The Labute approximate surface area is 178 Å². The molecule has 0 aliphatic heterocycles. The third-order valence-electron chi connectivity index (χ3n) is 5.35. The van der Waals surface area contributed by atoms with Gasteiger partial charge in [0.1, 0.15) is 11.5 Å². The SMILES string of the molecule is CCCCCCCCCCCCCCCCCC(=O)NCOc1ccc(O)cc1. The molecule has 4 heteroatoms. The van der Waals surface area contributed by atoms with Gasteiger partial charge in [-0.25, -0.2) is 0 Å². The summed E-state index contributed by atoms with van der Waals surface area (Å²) < 4.78 is 5.42. The first-order chi connectivity index (χ1) is 14.2. The molecule has 0 saturated carbocycles. The van der Waals surface area contributed by atoms with Gasteiger partial charge in [0.05, 0.1) is 0 Å². The number of rotatable bonds is 19. The smallest absolute Gasteiger partial charge is 0.222 e. The summed E-state index contributed by atoms with van der Waals surface area (Å²) in [4.78, 5) is 11.8. The number of unbranched alkanes of at least 4 members (excludes halogenated alkanes) is 14. The molecule has 29 heavy (non-hydrogen) atoms. The van der Waals surface area contributed by atoms with Crippen LogP contribution in [0.4, 0.5) is 0 Å². The lowest BCUT2D eigenvalue weighted by atomic mass is 10.0. The fourth-order valence-electron chi connectivity index (χ4n) is 3.49. The second-order valence-electron chi connectivity index (χ2n) is 8.08. The van der Waals surface area contributed by atoms with Crippen molar-refractivity contribution in [3.05, 3.63) is 24.3 Å². The molecule has 0 radical (unpaired) electrons. The number of nitrogens with one attached hydrogen (secondary N) is 1. The number of carbonyl (C=O) groups is 1. The summed E-state index contributed by atoms with van der Waals surface area (Å²) in [6.07, 6.45) is 20.5. The molecule has 0 aliphatic rings. The van der Waals surface area contributed by atoms with E-state index in [9.17, 15) is 9.90 Å². The lowest BCUT2D eigenvalue weighted by Crippen LogP contribution is -2.27. The van der Waals surface area contributed by atoms with Crippen molar-refractivity contribution in [3.8, 4) is 11.5 Å². The lowest BCUT2D eigenvalue weighted by molar-refractivity contribution is -0.122. The highest BCUT2D eigenvalue weighted by Crippen LogP contribution is 2.16. The van der Waals surface area contributed by atoms with E-state index >= 15 is 0 Å². The van der Waals surface area contributed by atoms with Crippen LogP contribution in [0.1, 0.15) is 110 Å². The van der Waals surface area contributed by atoms with Crippen molar-refractivity contribution in [3.63, 3.8) is 0 Å². The van der Waals surface area contributed by atoms with Crippen LogP contribution in [0.3, 0.4) is 0 Å². The molecule has 1 rings (SSSR count). The summed E-state index contributed by atoms with van der Waals surface area (Å²) in [5, 5.41) is 12.0. The first kappa shape index (κ1) is 25.3. The van der Waals surface area contributed by atoms with E-state index in [0.29, 0.717) is 12.2 Å². The summed E-state index contributed by atoms with van der Waals surface area (Å²) in [6, 6.07) is 6.48. The quantitative estimate of drug-likeness (QED) is 0.190. The predicted octanol–water partition coefficient (Wildman–Crippen LogP) is 7.11. The Balaban J connectivity index is 1.79. The first-order valence-corrected chi connectivity index (χ1v) is 11.9. The molecule has 0 fully saturated rings. The number of amides is 1. The van der Waals surface area contributed by atoms with E-state index in [2.05, 4.69) is 12.2 Å². The van der Waals surface area contributed by atoms with Gasteiger partial charge in [-0.1, -0.05) is 96.8 Å². The van der Waals surface area contributed by atoms with Gasteiger partial charge < -0.3 is 15.2 Å². The van der Waals surface area contributed by atoms with Crippen molar-refractivity contribution in [2.24, 2.45) is 0 Å². The average Bonchev–Trinajstić information content (AvgIpc) is 2.72. The predicted molar refractivity (Wildman–Crippen MR) is 121 cm³/mol. The Hall–Kier alpha value is -1.71. The summed E-state index contributed by atoms with van der Waals surface area (Å²) in [7, 11) is 0. The maximum Gasteiger partial charge on any atom is 0.222 e. The van der Waals surface area contributed by atoms with Crippen LogP contribution in [0.25, 0.3) is 0 Å². The Bertz CT molecular complexity index is 501. The highest BCUT2D eigenvalue weighted by molar-refractivity contribution is 5.75. The molecule has 1 amide bonds. The van der Waals surface area contributed by atoms with E-state index in [1.54, 1.807) is 24.3 Å². The molecule has 1 aromatic carbocycles. The van der Waals surface area contributed by atoms with Crippen molar-refractivity contribution in [1.82, 2.24) is 5.32 Å². The summed E-state index contributed by atoms with van der Waals surface area (Å²) in [5.41, 5.74) is 0. The van der Waals surface area contributed by atoms with Crippen LogP contribution >= 0.6 is 0 Å². The molecule has 0 aromatic heterocycles. The first-order valence-electron chi connectivity index (χ1n) is 11.9. The molecule has 2 N–H and O–H groups in total. The van der Waals surface area contributed by atoms with Gasteiger partial charge in [0.15, 0.2) is 6.73 Å². The minimum atomic E-state index is 0.0403. The number of ether oxygens (including phenoxy) is 1. The molecule has 0 bridgehead atoms. The van der Waals surface area contributed by atoms with Crippen molar-refractivity contribution in [2.45, 2.75) is 110 Å². The number of hydrogen-bond acceptors (Lipinski definition) is 3. The molecule has 1 aromatic rings. The standard InChI is InChI=1S/C25H43NO3/c1-2-3-4-5-6-7-8-9-10-11-12-13-14-15-16-17-25(28)26-22-29-24-20-18-23(27)19-21-24/h18-21,27H,2-17,22H2,1H3,(H,26,28). The molecule has 0 heterocycles. The van der Waals surface area contributed by atoms with Crippen LogP contribution < -0.4 is 10.1 Å². The van der Waals surface area contributed by atoms with E-state index in [0.717, 1.165) is 12.8 Å². The zero-order valence-corrected chi connectivity index (χ0v) is 18.6. The number of aromatic hydroxyl groups is 1. The summed E-state index contributed by atoms with van der Waals surface area (Å²) in [6.45, 7) is 2.44. The van der Waals surface area contributed by atoms with E-state index in [1.807, 2.05) is 0 Å². The van der Waals surface area contributed by atoms with Gasteiger partial charge >= 0.3 is 0 Å². The van der Waals surface area contributed by atoms with Gasteiger partial charge in [0, 0.05) is 6.42 Å². The summed E-state index contributed by atoms with van der Waals surface area (Å²) >= 11 is 0. The monoisotopic (exact) mass is 405 g/mol. The van der Waals surface area contributed by atoms with E-state index in [-0.39, 0.29) is 18.4 Å². The van der Waals surface area contributed by atoms with Gasteiger partial charge in [-0.15, -0.1) is 0 Å². The maximum absolute atomic E-state index is 11.8. The lowest BCUT2D eigenvalue weighted by Gasteiger charge is -2.08. The fraction of sp³-hybridized carbons (Fsp3) is 0.720. The molecule has 0 unspecified atom stereocenters. The van der Waals surface area contributed by atoms with E-state index < -0.39 is 0 Å². The van der Waals surface area contributed by atoms with Gasteiger partial charge in [-0.2, -0.15) is 0 Å². The molecule has 4 nitrogen and oxygen atoms in total. The third kappa shape index (κ3) is 15.8. The average molecular weight is 406 g/mol. The highest BCUT2D eigenvalue weighted by Gasteiger charge is 2.01. The van der Waals surface area contributed by atoms with Crippen LogP contribution in [-0.4, -0.2) is 17.7 Å². The van der Waals surface area contributed by atoms with Gasteiger partial charge in [0.2, 0.25) is 5.91 Å². The van der Waals surface area contributed by atoms with Crippen molar-refractivity contribution in [2.75, 3.05) is 6.73 Å². The second-order valence-corrected chi connectivity index (χ2v) is 8.08. The third-order valence-corrected chi connectivity index (χ3v) is 5.35. The maximum atomic E-state index is 11.8. The second kappa shape index (κ2) is 18.3. The zero-order chi connectivity index (χ0) is 21.0. The van der Waals surface area contributed by atoms with Crippen LogP contribution in [0, 0.1) is 0 Å². The highest BCUT2D eigenvalue weighted by atomic mass is 16.5. The molecule has 0 aliphatic carbocycles. The molecular weight excluding hydrogens is 362 g/mol. The summed E-state index contributed by atoms with van der Waals surface area (Å²) in [5.74, 6) is 0.878. The molecule has 0 atom stereocenters. The Morgan fingerprint density at radius 2 is 1.21 bits per heavy atom. The van der Waals surface area contributed by atoms with Crippen molar-refractivity contribution >= 4 is 5.91 Å². The van der Waals surface area contributed by atoms with Gasteiger partial charge in [-0.3, -0.25) is 4.79 Å². The zero-order valence-electron chi connectivity index (χ0n) is 18.6. The van der Waals surface area contributed by atoms with Crippen molar-refractivity contribution in [1.29, 1.82) is 0 Å². The van der Waals surface area contributed by atoms with Crippen LogP contribution in [0.5, 0.6) is 11.5 Å². The van der Waals surface area contributed by atoms with Gasteiger partial charge in [0.25, 0.3) is 0 Å². The molecule has 166 valence electrons. The van der Waals surface area contributed by atoms with Crippen LogP contribution in [0.2, 0.25) is 0 Å². The number of phenolic OH excluding ortho intramolecular Hbond substituents is 1. The fourth-order valence-corrected chi connectivity index (χ4v) is 3.49. The minimum absolute atomic E-state index is 0.0403. The number of benzene rings is 1. The Morgan fingerprint density at radius 3 is 1.69 bits per heavy atom. The topological polar surface area (TPSA) is 58.6 Å².